The van der Waals surface area contributed by atoms with Crippen molar-refractivity contribution in [3.63, 3.8) is 0 Å². The fraction of sp³-hybridized carbons (Fsp3) is 0.304. The smallest absolute Gasteiger partial charge is 0.126 e. The van der Waals surface area contributed by atoms with Crippen molar-refractivity contribution >= 4 is 5.57 Å². The summed E-state index contributed by atoms with van der Waals surface area (Å²) in [6.45, 7) is 8.92. The van der Waals surface area contributed by atoms with Gasteiger partial charge in [-0.1, -0.05) is 75.0 Å². The van der Waals surface area contributed by atoms with Crippen molar-refractivity contribution in [3.8, 4) is 5.75 Å². The first-order valence-corrected chi connectivity index (χ1v) is 8.63. The highest BCUT2D eigenvalue weighted by Gasteiger charge is 2.48. The molecule has 1 aliphatic carbocycles. The van der Waals surface area contributed by atoms with Crippen LogP contribution in [0.2, 0.25) is 0 Å². The molecule has 2 atom stereocenters. The fourth-order valence-electron chi connectivity index (χ4n) is 3.54. The Labute approximate surface area is 145 Å². The number of rotatable bonds is 6. The van der Waals surface area contributed by atoms with Crippen LogP contribution in [0.25, 0.3) is 5.57 Å². The molecule has 124 valence electrons. The lowest BCUT2D eigenvalue weighted by atomic mass is 9.89. The van der Waals surface area contributed by atoms with Gasteiger partial charge in [0.05, 0.1) is 7.11 Å². The predicted octanol–water partition coefficient (Wildman–Crippen LogP) is 5.80. The molecule has 1 nitrogen and oxygen atoms in total. The number of ether oxygens (including phenoxy) is 1. The van der Waals surface area contributed by atoms with Gasteiger partial charge in [-0.2, -0.15) is 0 Å². The molecule has 0 heterocycles. The summed E-state index contributed by atoms with van der Waals surface area (Å²) < 4.78 is 5.42. The number of methoxy groups -OCH3 is 1. The molecule has 3 rings (SSSR count). The van der Waals surface area contributed by atoms with Gasteiger partial charge >= 0.3 is 0 Å². The third kappa shape index (κ3) is 3.17. The van der Waals surface area contributed by atoms with Gasteiger partial charge in [0, 0.05) is 5.56 Å². The Bertz CT molecular complexity index is 771. The Kier molecular flexibility index (Phi) is 4.62. The van der Waals surface area contributed by atoms with E-state index in [0.717, 1.165) is 29.2 Å². The third-order valence-corrected chi connectivity index (χ3v) is 5.40. The van der Waals surface area contributed by atoms with Crippen LogP contribution in [-0.4, -0.2) is 7.11 Å². The van der Waals surface area contributed by atoms with Crippen LogP contribution in [0, 0.1) is 5.92 Å². The van der Waals surface area contributed by atoms with Crippen LogP contribution in [0.15, 0.2) is 67.3 Å². The van der Waals surface area contributed by atoms with Gasteiger partial charge in [-0.25, -0.2) is 0 Å². The van der Waals surface area contributed by atoms with Gasteiger partial charge in [-0.05, 0) is 46.9 Å². The molecule has 1 saturated carbocycles. The molecule has 2 unspecified atom stereocenters. The molecule has 0 saturated heterocycles. The lowest BCUT2D eigenvalue weighted by Crippen LogP contribution is -2.06. The summed E-state index contributed by atoms with van der Waals surface area (Å²) in [6, 6.07) is 16.9. The van der Waals surface area contributed by atoms with E-state index in [4.69, 9.17) is 4.74 Å². The number of hydrogen-bond acceptors (Lipinski definition) is 1. The van der Waals surface area contributed by atoms with E-state index in [9.17, 15) is 0 Å². The predicted molar refractivity (Wildman–Crippen MR) is 102 cm³/mol. The van der Waals surface area contributed by atoms with Gasteiger partial charge in [-0.3, -0.25) is 0 Å². The largest absolute Gasteiger partial charge is 0.496 e. The average Bonchev–Trinajstić information content (AvgIpc) is 3.23. The molecule has 24 heavy (non-hydrogen) atoms. The normalized spacial score (nSPS) is 22.5. The molecule has 1 fully saturated rings. The van der Waals surface area contributed by atoms with Crippen molar-refractivity contribution in [1.82, 2.24) is 0 Å². The standard InChI is InChI=1S/C23H26O/c1-17(20-13-6-8-15-22(20)24-4)10-9-12-19-11-5-7-14-21(19)23(3)16-18(23)2/h5-11,13-15,18H,1,12,16H2,2-4H3/b10-9-. The molecule has 2 aromatic carbocycles. The van der Waals surface area contributed by atoms with Gasteiger partial charge in [0.1, 0.15) is 5.75 Å². The summed E-state index contributed by atoms with van der Waals surface area (Å²) in [4.78, 5) is 0. The lowest BCUT2D eigenvalue weighted by Gasteiger charge is -2.15. The van der Waals surface area contributed by atoms with E-state index in [0.29, 0.717) is 5.41 Å². The minimum atomic E-state index is 0.365. The Balaban J connectivity index is 1.75. The van der Waals surface area contributed by atoms with E-state index >= 15 is 0 Å². The van der Waals surface area contributed by atoms with Crippen molar-refractivity contribution in [1.29, 1.82) is 0 Å². The number of hydrogen-bond donors (Lipinski definition) is 0. The first-order valence-electron chi connectivity index (χ1n) is 8.63. The minimum absolute atomic E-state index is 0.365. The average molecular weight is 318 g/mol. The van der Waals surface area contributed by atoms with Crippen molar-refractivity contribution in [3.05, 3.63) is 84.0 Å². The summed E-state index contributed by atoms with van der Waals surface area (Å²) in [5, 5.41) is 0. The molecule has 0 aromatic heterocycles. The second kappa shape index (κ2) is 6.68. The monoisotopic (exact) mass is 318 g/mol. The Morgan fingerprint density at radius 3 is 2.58 bits per heavy atom. The third-order valence-electron chi connectivity index (χ3n) is 5.40. The van der Waals surface area contributed by atoms with E-state index in [-0.39, 0.29) is 0 Å². The molecule has 0 spiro atoms. The fourth-order valence-corrected chi connectivity index (χ4v) is 3.54. The number of benzene rings is 2. The summed E-state index contributed by atoms with van der Waals surface area (Å²) in [5.74, 6) is 1.65. The maximum atomic E-state index is 5.42. The van der Waals surface area contributed by atoms with Crippen molar-refractivity contribution in [2.45, 2.75) is 32.1 Å². The molecule has 0 aliphatic heterocycles. The molecule has 1 heteroatoms. The minimum Gasteiger partial charge on any atom is -0.496 e. The summed E-state index contributed by atoms with van der Waals surface area (Å²) >= 11 is 0. The van der Waals surface area contributed by atoms with Crippen LogP contribution in [-0.2, 0) is 11.8 Å². The molecule has 0 bridgehead atoms. The Hall–Kier alpha value is -2.28. The van der Waals surface area contributed by atoms with E-state index in [1.165, 1.54) is 17.5 Å². The zero-order valence-corrected chi connectivity index (χ0v) is 14.9. The summed E-state index contributed by atoms with van der Waals surface area (Å²) in [7, 11) is 1.70. The highest BCUT2D eigenvalue weighted by Crippen LogP contribution is 2.54. The van der Waals surface area contributed by atoms with Crippen LogP contribution in [0.1, 0.15) is 37.0 Å². The maximum absolute atomic E-state index is 5.42. The van der Waals surface area contributed by atoms with Crippen molar-refractivity contribution in [2.75, 3.05) is 7.11 Å². The molecular weight excluding hydrogens is 292 g/mol. The molecule has 0 N–H and O–H groups in total. The molecule has 0 amide bonds. The van der Waals surface area contributed by atoms with Gasteiger partial charge in [0.2, 0.25) is 0 Å². The van der Waals surface area contributed by atoms with Crippen LogP contribution < -0.4 is 4.74 Å². The zero-order valence-electron chi connectivity index (χ0n) is 14.9. The van der Waals surface area contributed by atoms with E-state index in [1.54, 1.807) is 7.11 Å². The van der Waals surface area contributed by atoms with Crippen LogP contribution in [0.4, 0.5) is 0 Å². The highest BCUT2D eigenvalue weighted by atomic mass is 16.5. The number of allylic oxidation sites excluding steroid dienone is 3. The molecule has 2 aromatic rings. The Morgan fingerprint density at radius 2 is 1.88 bits per heavy atom. The van der Waals surface area contributed by atoms with Crippen molar-refractivity contribution < 1.29 is 4.74 Å². The molecule has 1 aliphatic rings. The molecular formula is C23H26O. The maximum Gasteiger partial charge on any atom is 0.126 e. The first kappa shape index (κ1) is 16.6. The van der Waals surface area contributed by atoms with Crippen LogP contribution in [0.5, 0.6) is 5.75 Å². The van der Waals surface area contributed by atoms with Crippen molar-refractivity contribution in [2.24, 2.45) is 5.92 Å². The zero-order chi connectivity index (χ0) is 17.2. The highest BCUT2D eigenvalue weighted by molar-refractivity contribution is 5.76. The topological polar surface area (TPSA) is 9.23 Å². The van der Waals surface area contributed by atoms with Crippen LogP contribution >= 0.6 is 0 Å². The second-order valence-electron chi connectivity index (χ2n) is 7.01. The van der Waals surface area contributed by atoms with E-state index in [2.05, 4.69) is 56.8 Å². The van der Waals surface area contributed by atoms with Gasteiger partial charge in [0.15, 0.2) is 0 Å². The van der Waals surface area contributed by atoms with E-state index in [1.807, 2.05) is 24.3 Å². The quantitative estimate of drug-likeness (QED) is 0.611. The lowest BCUT2D eigenvalue weighted by molar-refractivity contribution is 0.413. The second-order valence-corrected chi connectivity index (χ2v) is 7.01. The number of para-hydroxylation sites is 1. The first-order chi connectivity index (χ1) is 11.6. The Morgan fingerprint density at radius 1 is 1.21 bits per heavy atom. The van der Waals surface area contributed by atoms with E-state index < -0.39 is 0 Å². The summed E-state index contributed by atoms with van der Waals surface area (Å²) in [6.07, 6.45) is 6.55. The van der Waals surface area contributed by atoms with Gasteiger partial charge in [-0.15, -0.1) is 0 Å². The van der Waals surface area contributed by atoms with Gasteiger partial charge in [0.25, 0.3) is 0 Å². The molecule has 0 radical (unpaired) electrons. The van der Waals surface area contributed by atoms with Gasteiger partial charge < -0.3 is 4.74 Å². The SMILES string of the molecule is C=C(/C=C\Cc1ccccc1C1(C)CC1C)c1ccccc1OC. The summed E-state index contributed by atoms with van der Waals surface area (Å²) in [5.41, 5.74) is 5.33. The van der Waals surface area contributed by atoms with Crippen LogP contribution in [0.3, 0.4) is 0 Å².